The monoisotopic (exact) mass is 429 g/mol. The number of halogens is 1. The maximum absolute atomic E-state index is 13.4. The van der Waals surface area contributed by atoms with Crippen molar-refractivity contribution in [3.8, 4) is 0 Å². The van der Waals surface area contributed by atoms with Crippen molar-refractivity contribution in [2.24, 2.45) is 0 Å². The third-order valence-electron chi connectivity index (χ3n) is 4.47. The van der Waals surface area contributed by atoms with E-state index in [1.54, 1.807) is 72.8 Å². The Morgan fingerprint density at radius 2 is 1.66 bits per heavy atom. The Bertz CT molecular complexity index is 1110. The summed E-state index contributed by atoms with van der Waals surface area (Å²) in [7, 11) is -2.53. The third kappa shape index (κ3) is 4.60. The van der Waals surface area contributed by atoms with E-state index in [0.717, 1.165) is 11.1 Å². The van der Waals surface area contributed by atoms with Crippen molar-refractivity contribution in [1.82, 2.24) is 0 Å². The highest BCUT2D eigenvalue weighted by molar-refractivity contribution is 7.92. The van der Waals surface area contributed by atoms with Gasteiger partial charge in [0.05, 0.1) is 29.8 Å². The van der Waals surface area contributed by atoms with Gasteiger partial charge in [0.15, 0.2) is 0 Å². The van der Waals surface area contributed by atoms with Crippen LogP contribution < -0.4 is 4.31 Å². The average Bonchev–Trinajstić information content (AvgIpc) is 2.74. The molecule has 0 saturated heterocycles. The molecule has 0 aliphatic rings. The van der Waals surface area contributed by atoms with Gasteiger partial charge in [-0.1, -0.05) is 48.0 Å². The first-order valence-corrected chi connectivity index (χ1v) is 10.7. The lowest BCUT2D eigenvalue weighted by molar-refractivity contribution is 0.0600. The van der Waals surface area contributed by atoms with Crippen LogP contribution in [0.2, 0.25) is 5.02 Å². The fourth-order valence-electron chi connectivity index (χ4n) is 2.90. The standard InChI is InChI=1S/C22H20ClNO4S/c1-16-8-13-19(23)14-21(16)24(29(26,27)20-6-4-3-5-7-20)15-17-9-11-18(12-10-17)22(25)28-2/h3-14H,15H2,1-2H3. The van der Waals surface area contributed by atoms with E-state index < -0.39 is 16.0 Å². The largest absolute Gasteiger partial charge is 0.465 e. The lowest BCUT2D eigenvalue weighted by Gasteiger charge is -2.26. The van der Waals surface area contributed by atoms with E-state index in [9.17, 15) is 13.2 Å². The molecule has 0 N–H and O–H groups in total. The zero-order valence-corrected chi connectivity index (χ0v) is 17.6. The molecule has 150 valence electrons. The number of anilines is 1. The van der Waals surface area contributed by atoms with E-state index in [1.165, 1.54) is 11.4 Å². The van der Waals surface area contributed by atoms with Gasteiger partial charge in [0, 0.05) is 5.02 Å². The van der Waals surface area contributed by atoms with Crippen LogP contribution in [0.25, 0.3) is 0 Å². The molecule has 0 unspecified atom stereocenters. The van der Waals surface area contributed by atoms with Gasteiger partial charge in [-0.2, -0.15) is 0 Å². The second-order valence-corrected chi connectivity index (χ2v) is 8.74. The summed E-state index contributed by atoms with van der Waals surface area (Å²) in [5, 5.41) is 0.444. The number of carbonyl (C=O) groups is 1. The van der Waals surface area contributed by atoms with Gasteiger partial charge in [0.2, 0.25) is 0 Å². The molecule has 0 fully saturated rings. The van der Waals surface area contributed by atoms with Crippen LogP contribution in [0, 0.1) is 6.92 Å². The van der Waals surface area contributed by atoms with E-state index in [4.69, 9.17) is 16.3 Å². The minimum Gasteiger partial charge on any atom is -0.465 e. The van der Waals surface area contributed by atoms with Crippen LogP contribution in [0.5, 0.6) is 0 Å². The molecule has 3 rings (SSSR count). The Balaban J connectivity index is 2.06. The molecule has 0 bridgehead atoms. The number of hydrogen-bond acceptors (Lipinski definition) is 4. The van der Waals surface area contributed by atoms with E-state index in [2.05, 4.69) is 0 Å². The fourth-order valence-corrected chi connectivity index (χ4v) is 4.60. The lowest BCUT2D eigenvalue weighted by Crippen LogP contribution is -2.31. The molecule has 29 heavy (non-hydrogen) atoms. The highest BCUT2D eigenvalue weighted by Crippen LogP contribution is 2.31. The van der Waals surface area contributed by atoms with Gasteiger partial charge in [0.1, 0.15) is 0 Å². The Hall–Kier alpha value is -2.83. The predicted octanol–water partition coefficient (Wildman–Crippen LogP) is 4.83. The van der Waals surface area contributed by atoms with Gasteiger partial charge in [-0.15, -0.1) is 0 Å². The number of ether oxygens (including phenoxy) is 1. The van der Waals surface area contributed by atoms with Crippen molar-refractivity contribution in [1.29, 1.82) is 0 Å². The molecule has 3 aromatic carbocycles. The summed E-state index contributed by atoms with van der Waals surface area (Å²) in [6, 6.07) is 20.0. The maximum atomic E-state index is 13.4. The van der Waals surface area contributed by atoms with Crippen molar-refractivity contribution < 1.29 is 17.9 Å². The lowest BCUT2D eigenvalue weighted by atomic mass is 10.1. The van der Waals surface area contributed by atoms with Crippen LogP contribution in [0.3, 0.4) is 0 Å². The molecule has 0 aromatic heterocycles. The summed E-state index contributed by atoms with van der Waals surface area (Å²) in [4.78, 5) is 11.8. The van der Waals surface area contributed by atoms with Crippen molar-refractivity contribution in [2.45, 2.75) is 18.4 Å². The zero-order valence-electron chi connectivity index (χ0n) is 16.0. The Morgan fingerprint density at radius 3 is 2.28 bits per heavy atom. The molecule has 0 spiro atoms. The van der Waals surface area contributed by atoms with Crippen molar-refractivity contribution in [3.05, 3.63) is 94.5 Å². The molecule has 5 nitrogen and oxygen atoms in total. The minimum atomic E-state index is -3.84. The van der Waals surface area contributed by atoms with Crippen LogP contribution in [0.1, 0.15) is 21.5 Å². The van der Waals surface area contributed by atoms with E-state index in [1.807, 2.05) is 6.92 Å². The number of benzene rings is 3. The molecule has 0 heterocycles. The van der Waals surface area contributed by atoms with E-state index in [-0.39, 0.29) is 11.4 Å². The quantitative estimate of drug-likeness (QED) is 0.526. The number of sulfonamides is 1. The first kappa shape index (κ1) is 20.9. The summed E-state index contributed by atoms with van der Waals surface area (Å²) in [5.41, 5.74) is 2.39. The van der Waals surface area contributed by atoms with E-state index >= 15 is 0 Å². The molecule has 0 aliphatic heterocycles. The van der Waals surface area contributed by atoms with Crippen molar-refractivity contribution >= 4 is 33.3 Å². The van der Waals surface area contributed by atoms with Gasteiger partial charge in [-0.05, 0) is 54.4 Å². The molecule has 0 radical (unpaired) electrons. The maximum Gasteiger partial charge on any atom is 0.337 e. The molecule has 0 atom stereocenters. The molecular weight excluding hydrogens is 410 g/mol. The molecule has 3 aromatic rings. The Kier molecular flexibility index (Phi) is 6.25. The Morgan fingerprint density at radius 1 is 1.00 bits per heavy atom. The predicted molar refractivity (Wildman–Crippen MR) is 114 cm³/mol. The number of rotatable bonds is 6. The van der Waals surface area contributed by atoms with Gasteiger partial charge >= 0.3 is 5.97 Å². The second kappa shape index (κ2) is 8.68. The summed E-state index contributed by atoms with van der Waals surface area (Å²) >= 11 is 6.16. The van der Waals surface area contributed by atoms with Crippen LogP contribution >= 0.6 is 11.6 Å². The van der Waals surface area contributed by atoms with Crippen LogP contribution in [0.15, 0.2) is 77.7 Å². The van der Waals surface area contributed by atoms with Gasteiger partial charge < -0.3 is 4.74 Å². The first-order chi connectivity index (χ1) is 13.8. The second-order valence-electron chi connectivity index (χ2n) is 6.44. The summed E-state index contributed by atoms with van der Waals surface area (Å²) in [5.74, 6) is -0.448. The van der Waals surface area contributed by atoms with Crippen LogP contribution in [-0.4, -0.2) is 21.5 Å². The summed E-state index contributed by atoms with van der Waals surface area (Å²) < 4.78 is 32.9. The number of carbonyl (C=O) groups excluding carboxylic acids is 1. The summed E-state index contributed by atoms with van der Waals surface area (Å²) in [6.07, 6.45) is 0. The van der Waals surface area contributed by atoms with Crippen LogP contribution in [-0.2, 0) is 21.3 Å². The van der Waals surface area contributed by atoms with Gasteiger partial charge in [-0.25, -0.2) is 13.2 Å². The minimum absolute atomic E-state index is 0.0832. The zero-order chi connectivity index (χ0) is 21.0. The molecule has 7 heteroatoms. The highest BCUT2D eigenvalue weighted by atomic mass is 35.5. The van der Waals surface area contributed by atoms with Crippen molar-refractivity contribution in [3.63, 3.8) is 0 Å². The number of nitrogens with zero attached hydrogens (tertiary/aromatic N) is 1. The number of aryl methyl sites for hydroxylation is 1. The number of hydrogen-bond donors (Lipinski definition) is 0. The smallest absolute Gasteiger partial charge is 0.337 e. The fraction of sp³-hybridized carbons (Fsp3) is 0.136. The third-order valence-corrected chi connectivity index (χ3v) is 6.48. The van der Waals surface area contributed by atoms with Crippen LogP contribution in [0.4, 0.5) is 5.69 Å². The molecule has 0 aliphatic carbocycles. The summed E-state index contributed by atoms with van der Waals surface area (Å²) in [6.45, 7) is 1.92. The van der Waals surface area contributed by atoms with E-state index in [0.29, 0.717) is 16.3 Å². The first-order valence-electron chi connectivity index (χ1n) is 8.84. The van der Waals surface area contributed by atoms with Gasteiger partial charge in [-0.3, -0.25) is 4.31 Å². The average molecular weight is 430 g/mol. The Labute approximate surface area is 175 Å². The molecule has 0 amide bonds. The molecule has 0 saturated carbocycles. The van der Waals surface area contributed by atoms with Crippen molar-refractivity contribution in [2.75, 3.05) is 11.4 Å². The van der Waals surface area contributed by atoms with Gasteiger partial charge in [0.25, 0.3) is 10.0 Å². The highest BCUT2D eigenvalue weighted by Gasteiger charge is 2.26. The number of methoxy groups -OCH3 is 1. The SMILES string of the molecule is COC(=O)c1ccc(CN(c2cc(Cl)ccc2C)S(=O)(=O)c2ccccc2)cc1. The number of esters is 1. The molecular formula is C22H20ClNO4S. The normalized spacial score (nSPS) is 11.1. The topological polar surface area (TPSA) is 63.7 Å².